The van der Waals surface area contributed by atoms with E-state index in [0.29, 0.717) is 5.56 Å². The molecule has 0 aromatic heterocycles. The average Bonchev–Trinajstić information content (AvgIpc) is 2.58. The number of nitrogens with one attached hydrogen (secondary N) is 1. The van der Waals surface area contributed by atoms with Crippen LogP contribution in [0.3, 0.4) is 0 Å². The Morgan fingerprint density at radius 1 is 1.19 bits per heavy atom. The summed E-state index contributed by atoms with van der Waals surface area (Å²) in [7, 11) is 0. The Morgan fingerprint density at radius 3 is 2.46 bits per heavy atom. The van der Waals surface area contributed by atoms with Crippen molar-refractivity contribution < 1.29 is 28.0 Å². The summed E-state index contributed by atoms with van der Waals surface area (Å²) in [6, 6.07) is 8.07. The lowest BCUT2D eigenvalue weighted by molar-refractivity contribution is -0.387. The fraction of sp³-hybridized carbons (Fsp3) is 0.176. The molecule has 0 saturated heterocycles. The van der Waals surface area contributed by atoms with Crippen LogP contribution in [0.5, 0.6) is 0 Å². The molecule has 0 radical (unpaired) electrons. The van der Waals surface area contributed by atoms with E-state index in [2.05, 4.69) is 5.32 Å². The van der Waals surface area contributed by atoms with Gasteiger partial charge in [0, 0.05) is 11.8 Å². The van der Waals surface area contributed by atoms with Gasteiger partial charge in [-0.05, 0) is 36.8 Å². The maximum Gasteiger partial charge on any atom is 0.311 e. The Hall–Kier alpha value is -3.36. The molecule has 26 heavy (non-hydrogen) atoms. The number of halogens is 2. The molecule has 7 nitrogen and oxygen atoms in total. The predicted molar refractivity (Wildman–Crippen MR) is 87.3 cm³/mol. The second kappa shape index (κ2) is 8.15. The molecule has 0 fully saturated rings. The lowest BCUT2D eigenvalue weighted by Crippen LogP contribution is -2.30. The maximum absolute atomic E-state index is 13.3. The normalized spacial score (nSPS) is 11.5. The van der Waals surface area contributed by atoms with Gasteiger partial charge in [-0.2, -0.15) is 4.39 Å². The Labute approximate surface area is 146 Å². The molecule has 0 unspecified atom stereocenters. The number of nitro benzene ring substituents is 1. The van der Waals surface area contributed by atoms with Crippen LogP contribution in [0, 0.1) is 21.7 Å². The monoisotopic (exact) mass is 364 g/mol. The fourth-order valence-electron chi connectivity index (χ4n) is 2.04. The van der Waals surface area contributed by atoms with Crippen molar-refractivity contribution in [1.29, 1.82) is 0 Å². The van der Waals surface area contributed by atoms with Crippen molar-refractivity contribution in [3.8, 4) is 0 Å². The van der Waals surface area contributed by atoms with E-state index in [0.717, 1.165) is 18.2 Å². The zero-order valence-corrected chi connectivity index (χ0v) is 13.6. The summed E-state index contributed by atoms with van der Waals surface area (Å²) >= 11 is 0. The Kier molecular flexibility index (Phi) is 5.94. The third kappa shape index (κ3) is 5.07. The lowest BCUT2D eigenvalue weighted by Gasteiger charge is -2.13. The van der Waals surface area contributed by atoms with E-state index < -0.39 is 40.2 Å². The van der Waals surface area contributed by atoms with E-state index in [9.17, 15) is 28.5 Å². The smallest absolute Gasteiger partial charge is 0.311 e. The average molecular weight is 364 g/mol. The van der Waals surface area contributed by atoms with Crippen molar-refractivity contribution >= 4 is 23.3 Å². The highest BCUT2D eigenvalue weighted by atomic mass is 19.1. The van der Waals surface area contributed by atoms with Crippen LogP contribution in [0.25, 0.3) is 0 Å². The Bertz CT molecular complexity index is 840. The van der Waals surface area contributed by atoms with Crippen LogP contribution in [0.4, 0.5) is 20.2 Å². The number of hydrogen-bond acceptors (Lipinski definition) is 5. The quantitative estimate of drug-likeness (QED) is 0.483. The van der Waals surface area contributed by atoms with Crippen LogP contribution in [0.15, 0.2) is 42.5 Å². The molecule has 136 valence electrons. The van der Waals surface area contributed by atoms with E-state index in [1.54, 1.807) is 0 Å². The molecule has 0 spiro atoms. The molecule has 2 aromatic rings. The van der Waals surface area contributed by atoms with Gasteiger partial charge in [-0.1, -0.05) is 12.1 Å². The lowest BCUT2D eigenvalue weighted by atomic mass is 10.1. The van der Waals surface area contributed by atoms with Crippen molar-refractivity contribution in [1.82, 2.24) is 0 Å². The van der Waals surface area contributed by atoms with E-state index in [4.69, 9.17) is 4.74 Å². The van der Waals surface area contributed by atoms with Gasteiger partial charge in [0.1, 0.15) is 5.82 Å². The molecule has 0 bridgehead atoms. The number of rotatable bonds is 6. The fourth-order valence-corrected chi connectivity index (χ4v) is 2.04. The van der Waals surface area contributed by atoms with Crippen LogP contribution in [0.1, 0.15) is 12.5 Å². The minimum Gasteiger partial charge on any atom is -0.452 e. The first kappa shape index (κ1) is 19.0. The number of carbonyl (C=O) groups excluding carboxylic acids is 2. The second-order valence-electron chi connectivity index (χ2n) is 5.35. The van der Waals surface area contributed by atoms with E-state index in [1.165, 1.54) is 31.2 Å². The minimum atomic E-state index is -1.19. The number of nitro groups is 1. The predicted octanol–water partition coefficient (Wildman–Crippen LogP) is 2.99. The van der Waals surface area contributed by atoms with Gasteiger partial charge >= 0.3 is 11.7 Å². The zero-order valence-electron chi connectivity index (χ0n) is 13.6. The maximum atomic E-state index is 13.3. The zero-order chi connectivity index (χ0) is 19.3. The first-order chi connectivity index (χ1) is 12.3. The third-order valence-electron chi connectivity index (χ3n) is 3.35. The van der Waals surface area contributed by atoms with Gasteiger partial charge < -0.3 is 10.1 Å². The third-order valence-corrected chi connectivity index (χ3v) is 3.35. The number of ether oxygens (including phenoxy) is 1. The summed E-state index contributed by atoms with van der Waals surface area (Å²) in [6.07, 6.45) is -1.34. The minimum absolute atomic E-state index is 0.00969. The van der Waals surface area contributed by atoms with E-state index >= 15 is 0 Å². The van der Waals surface area contributed by atoms with Gasteiger partial charge in [0.2, 0.25) is 5.82 Å². The topological polar surface area (TPSA) is 98.5 Å². The van der Waals surface area contributed by atoms with Gasteiger partial charge in [0.05, 0.1) is 11.3 Å². The van der Waals surface area contributed by atoms with Gasteiger partial charge in [-0.25, -0.2) is 4.39 Å². The Morgan fingerprint density at radius 2 is 1.85 bits per heavy atom. The summed E-state index contributed by atoms with van der Waals surface area (Å²) in [4.78, 5) is 33.6. The van der Waals surface area contributed by atoms with Gasteiger partial charge in [0.25, 0.3) is 5.91 Å². The van der Waals surface area contributed by atoms with Gasteiger partial charge in [-0.3, -0.25) is 19.7 Å². The number of anilines is 1. The van der Waals surface area contributed by atoms with Crippen molar-refractivity contribution in [3.05, 3.63) is 69.8 Å². The molecule has 0 aliphatic heterocycles. The highest BCUT2D eigenvalue weighted by Crippen LogP contribution is 2.21. The molecule has 2 aromatic carbocycles. The molecule has 0 saturated carbocycles. The molecular formula is C17H14F2N2O5. The van der Waals surface area contributed by atoms with Crippen molar-refractivity contribution in [2.45, 2.75) is 19.4 Å². The molecule has 0 aliphatic rings. The van der Waals surface area contributed by atoms with Crippen LogP contribution in [0.2, 0.25) is 0 Å². The first-order valence-electron chi connectivity index (χ1n) is 7.45. The molecule has 1 amide bonds. The highest BCUT2D eigenvalue weighted by Gasteiger charge is 2.20. The summed E-state index contributed by atoms with van der Waals surface area (Å²) in [5.41, 5.74) is -0.286. The van der Waals surface area contributed by atoms with Crippen molar-refractivity contribution in [2.24, 2.45) is 0 Å². The number of amides is 1. The molecule has 1 atom stereocenters. The highest BCUT2D eigenvalue weighted by molar-refractivity contribution is 5.95. The summed E-state index contributed by atoms with van der Waals surface area (Å²) < 4.78 is 31.1. The van der Waals surface area contributed by atoms with Crippen molar-refractivity contribution in [3.63, 3.8) is 0 Å². The molecule has 9 heteroatoms. The largest absolute Gasteiger partial charge is 0.452 e. The van der Waals surface area contributed by atoms with Gasteiger partial charge in [-0.15, -0.1) is 0 Å². The number of hydrogen-bond donors (Lipinski definition) is 1. The van der Waals surface area contributed by atoms with Crippen LogP contribution in [-0.4, -0.2) is 22.9 Å². The second-order valence-corrected chi connectivity index (χ2v) is 5.35. The number of esters is 1. The van der Waals surface area contributed by atoms with E-state index in [1.807, 2.05) is 0 Å². The standard InChI is InChI=1S/C17H14F2N2O5/c1-10(26-16(22)8-11-2-4-12(18)5-3-11)17(23)20-13-6-7-14(19)15(9-13)21(24)25/h2-7,9-10H,8H2,1H3,(H,20,23)/t10-/m0/s1. The molecule has 2 rings (SSSR count). The Balaban J connectivity index is 1.94. The summed E-state index contributed by atoms with van der Waals surface area (Å²) in [5, 5.41) is 13.0. The molecule has 0 heterocycles. The van der Waals surface area contributed by atoms with Crippen LogP contribution < -0.4 is 5.32 Å². The number of nitrogens with zero attached hydrogens (tertiary/aromatic N) is 1. The summed E-state index contributed by atoms with van der Waals surface area (Å²) in [5.74, 6) is -2.92. The number of benzene rings is 2. The number of carbonyl (C=O) groups is 2. The summed E-state index contributed by atoms with van der Waals surface area (Å²) in [6.45, 7) is 1.32. The van der Waals surface area contributed by atoms with Crippen molar-refractivity contribution in [2.75, 3.05) is 5.32 Å². The van der Waals surface area contributed by atoms with Crippen LogP contribution in [-0.2, 0) is 20.7 Å². The first-order valence-corrected chi connectivity index (χ1v) is 7.45. The molecule has 0 aliphatic carbocycles. The molecule has 1 N–H and O–H groups in total. The SMILES string of the molecule is C[C@H](OC(=O)Cc1ccc(F)cc1)C(=O)Nc1ccc(F)c([N+](=O)[O-])c1. The van der Waals surface area contributed by atoms with Gasteiger partial charge in [0.15, 0.2) is 6.10 Å². The van der Waals surface area contributed by atoms with Crippen LogP contribution >= 0.6 is 0 Å². The molecular weight excluding hydrogens is 350 g/mol. The van der Waals surface area contributed by atoms with E-state index in [-0.39, 0.29) is 12.1 Å².